The molecule has 2 amide bonds. The Morgan fingerprint density at radius 2 is 1.94 bits per heavy atom. The Morgan fingerprint density at radius 3 is 2.61 bits per heavy atom. The Kier molecular flexibility index (Phi) is 6.81. The van der Waals surface area contributed by atoms with Crippen LogP contribution in [0.25, 0.3) is 0 Å². The van der Waals surface area contributed by atoms with Crippen molar-refractivity contribution in [2.75, 3.05) is 5.32 Å². The van der Waals surface area contributed by atoms with E-state index >= 15 is 0 Å². The van der Waals surface area contributed by atoms with Gasteiger partial charge >= 0.3 is 0 Å². The van der Waals surface area contributed by atoms with Gasteiger partial charge in [0.1, 0.15) is 5.25 Å². The number of carbonyl (C=O) groups excluding carboxylic acids is 2. The first-order chi connectivity index (χ1) is 14.7. The van der Waals surface area contributed by atoms with E-state index in [4.69, 9.17) is 0 Å². The predicted octanol–water partition coefficient (Wildman–Crippen LogP) is 3.55. The lowest BCUT2D eigenvalue weighted by atomic mass is 10.1. The van der Waals surface area contributed by atoms with Crippen molar-refractivity contribution in [3.8, 4) is 0 Å². The minimum atomic E-state index is -0.598. The Hall–Kier alpha value is -3.53. The third kappa shape index (κ3) is 5.54. The molecular formula is C21H21N5O4S. The highest BCUT2D eigenvalue weighted by atomic mass is 32.2. The van der Waals surface area contributed by atoms with E-state index in [1.165, 1.54) is 12.1 Å². The normalized spacial score (nSPS) is 17.5. The van der Waals surface area contributed by atoms with E-state index in [1.807, 2.05) is 32.0 Å². The fourth-order valence-corrected chi connectivity index (χ4v) is 3.76. The predicted molar refractivity (Wildman–Crippen MR) is 121 cm³/mol. The van der Waals surface area contributed by atoms with Crippen molar-refractivity contribution in [2.24, 2.45) is 10.2 Å². The summed E-state index contributed by atoms with van der Waals surface area (Å²) in [5, 5.41) is 24.0. The highest BCUT2D eigenvalue weighted by molar-refractivity contribution is 8.15. The van der Waals surface area contributed by atoms with Crippen LogP contribution in [0.1, 0.15) is 30.0 Å². The average Bonchev–Trinajstić information content (AvgIpc) is 3.08. The molecule has 1 atom stereocenters. The molecule has 3 rings (SSSR count). The number of amidine groups is 1. The summed E-state index contributed by atoms with van der Waals surface area (Å²) in [6.07, 6.45) is 0.00789. The summed E-state index contributed by atoms with van der Waals surface area (Å²) in [5.74, 6) is -0.559. The molecule has 1 aliphatic rings. The van der Waals surface area contributed by atoms with Crippen LogP contribution >= 0.6 is 11.8 Å². The van der Waals surface area contributed by atoms with Gasteiger partial charge in [-0.05, 0) is 55.7 Å². The molecule has 2 N–H and O–H groups in total. The lowest BCUT2D eigenvalue weighted by Gasteiger charge is -2.11. The van der Waals surface area contributed by atoms with Gasteiger partial charge in [0.05, 0.1) is 10.6 Å². The Bertz CT molecular complexity index is 1100. The van der Waals surface area contributed by atoms with Gasteiger partial charge in [-0.2, -0.15) is 5.10 Å². The Labute approximate surface area is 183 Å². The van der Waals surface area contributed by atoms with E-state index in [2.05, 4.69) is 20.8 Å². The Balaban J connectivity index is 1.61. The van der Waals surface area contributed by atoms with E-state index in [0.29, 0.717) is 16.4 Å². The molecule has 1 unspecified atom stereocenters. The van der Waals surface area contributed by atoms with Crippen LogP contribution in [0.4, 0.5) is 11.4 Å². The number of nitro groups is 1. The first-order valence-corrected chi connectivity index (χ1v) is 10.3. The Morgan fingerprint density at radius 1 is 1.23 bits per heavy atom. The van der Waals surface area contributed by atoms with Crippen molar-refractivity contribution >= 4 is 45.8 Å². The molecule has 0 radical (unpaired) electrons. The van der Waals surface area contributed by atoms with Gasteiger partial charge < -0.3 is 10.6 Å². The quantitative estimate of drug-likeness (QED) is 0.404. The maximum Gasteiger partial charge on any atom is 0.269 e. The minimum absolute atomic E-state index is 0.00789. The summed E-state index contributed by atoms with van der Waals surface area (Å²) in [5.41, 5.74) is 3.98. The smallest absolute Gasteiger partial charge is 0.269 e. The van der Waals surface area contributed by atoms with Crippen molar-refractivity contribution in [2.45, 2.75) is 32.4 Å². The summed E-state index contributed by atoms with van der Waals surface area (Å²) in [6.45, 7) is 5.60. The van der Waals surface area contributed by atoms with Gasteiger partial charge in [-0.3, -0.25) is 19.7 Å². The van der Waals surface area contributed by atoms with Gasteiger partial charge in [-0.1, -0.05) is 23.9 Å². The standard InChI is InChI=1S/C21H21N5O4S/c1-12-5-4-6-17(13(12)2)22-19(27)11-18-20(28)23-21(31-18)25-24-14(3)15-7-9-16(10-8-15)26(29)30/h4-10,18H,11H2,1-3H3,(H,22,27)(H,23,25,28)/b24-14+. The van der Waals surface area contributed by atoms with Crippen molar-refractivity contribution in [1.29, 1.82) is 0 Å². The number of rotatable bonds is 6. The van der Waals surface area contributed by atoms with Gasteiger partial charge in [0.25, 0.3) is 5.69 Å². The number of thioether (sulfide) groups is 1. The second kappa shape index (κ2) is 9.52. The topological polar surface area (TPSA) is 126 Å². The SMILES string of the molecule is C/C(=N\N=C1\NC(=O)C(CC(=O)Nc2cccc(C)c2C)S1)c1ccc([N+](=O)[O-])cc1. The molecular weight excluding hydrogens is 418 g/mol. The minimum Gasteiger partial charge on any atom is -0.326 e. The first-order valence-electron chi connectivity index (χ1n) is 9.45. The number of aryl methyl sites for hydroxylation is 1. The molecule has 1 saturated heterocycles. The summed E-state index contributed by atoms with van der Waals surface area (Å²) < 4.78 is 0. The van der Waals surface area contributed by atoms with Gasteiger partial charge in [-0.15, -0.1) is 5.10 Å². The number of nitro benzene ring substituents is 1. The van der Waals surface area contributed by atoms with Crippen LogP contribution in [0, 0.1) is 24.0 Å². The summed E-state index contributed by atoms with van der Waals surface area (Å²) in [4.78, 5) is 34.9. The second-order valence-corrected chi connectivity index (χ2v) is 8.18. The van der Waals surface area contributed by atoms with Gasteiger partial charge in [-0.25, -0.2) is 0 Å². The number of nitrogens with zero attached hydrogens (tertiary/aromatic N) is 3. The van der Waals surface area contributed by atoms with Gasteiger partial charge in [0, 0.05) is 24.2 Å². The zero-order valence-electron chi connectivity index (χ0n) is 17.2. The van der Waals surface area contributed by atoms with Crippen LogP contribution in [0.5, 0.6) is 0 Å². The molecule has 1 fully saturated rings. The third-order valence-corrected chi connectivity index (χ3v) is 5.88. The molecule has 10 heteroatoms. The zero-order chi connectivity index (χ0) is 22.5. The van der Waals surface area contributed by atoms with E-state index in [-0.39, 0.29) is 23.9 Å². The lowest BCUT2D eigenvalue weighted by molar-refractivity contribution is -0.384. The zero-order valence-corrected chi connectivity index (χ0v) is 18.0. The summed E-state index contributed by atoms with van der Waals surface area (Å²) in [7, 11) is 0. The molecule has 2 aromatic rings. The van der Waals surface area contributed by atoms with Crippen LogP contribution in [0.3, 0.4) is 0 Å². The molecule has 1 heterocycles. The largest absolute Gasteiger partial charge is 0.326 e. The third-order valence-electron chi connectivity index (χ3n) is 4.81. The van der Waals surface area contributed by atoms with Crippen LogP contribution in [0.2, 0.25) is 0 Å². The van der Waals surface area contributed by atoms with E-state index < -0.39 is 10.2 Å². The molecule has 31 heavy (non-hydrogen) atoms. The number of nitrogens with one attached hydrogen (secondary N) is 2. The fraction of sp³-hybridized carbons (Fsp3) is 0.238. The van der Waals surface area contributed by atoms with E-state index in [0.717, 1.165) is 28.6 Å². The molecule has 9 nitrogen and oxygen atoms in total. The van der Waals surface area contributed by atoms with Gasteiger partial charge in [0.15, 0.2) is 5.17 Å². The van der Waals surface area contributed by atoms with Crippen LogP contribution in [-0.4, -0.2) is 32.9 Å². The van der Waals surface area contributed by atoms with E-state index in [9.17, 15) is 19.7 Å². The molecule has 0 aliphatic carbocycles. The number of carbonyl (C=O) groups is 2. The highest BCUT2D eigenvalue weighted by Crippen LogP contribution is 2.24. The molecule has 0 bridgehead atoms. The summed E-state index contributed by atoms with van der Waals surface area (Å²) >= 11 is 1.14. The van der Waals surface area contributed by atoms with Crippen LogP contribution < -0.4 is 10.6 Å². The van der Waals surface area contributed by atoms with Crippen molar-refractivity contribution < 1.29 is 14.5 Å². The number of benzene rings is 2. The van der Waals surface area contributed by atoms with Crippen LogP contribution in [0.15, 0.2) is 52.7 Å². The molecule has 0 spiro atoms. The maximum atomic E-state index is 12.4. The molecule has 2 aromatic carbocycles. The number of anilines is 1. The fourth-order valence-electron chi connectivity index (χ4n) is 2.85. The van der Waals surface area contributed by atoms with Crippen molar-refractivity contribution in [3.05, 3.63) is 69.3 Å². The summed E-state index contributed by atoms with van der Waals surface area (Å²) in [6, 6.07) is 11.6. The molecule has 160 valence electrons. The number of amides is 2. The highest BCUT2D eigenvalue weighted by Gasteiger charge is 2.32. The average molecular weight is 439 g/mol. The maximum absolute atomic E-state index is 12.4. The van der Waals surface area contributed by atoms with Crippen molar-refractivity contribution in [1.82, 2.24) is 5.32 Å². The number of non-ortho nitro benzene ring substituents is 1. The molecule has 0 saturated carbocycles. The van der Waals surface area contributed by atoms with Crippen LogP contribution in [-0.2, 0) is 9.59 Å². The molecule has 0 aromatic heterocycles. The van der Waals surface area contributed by atoms with Crippen molar-refractivity contribution in [3.63, 3.8) is 0 Å². The number of hydrogen-bond donors (Lipinski definition) is 2. The molecule has 1 aliphatic heterocycles. The van der Waals surface area contributed by atoms with Gasteiger partial charge in [0.2, 0.25) is 11.8 Å². The lowest BCUT2D eigenvalue weighted by Crippen LogP contribution is -2.28. The monoisotopic (exact) mass is 439 g/mol. The van der Waals surface area contributed by atoms with E-state index in [1.54, 1.807) is 19.1 Å². The number of hydrogen-bond acceptors (Lipinski definition) is 7. The first kappa shape index (κ1) is 22.2. The second-order valence-electron chi connectivity index (χ2n) is 6.99.